The Morgan fingerprint density at radius 2 is 1.75 bits per heavy atom. The SMILES string of the molecule is COc1cc(C(=O)C(=O)N2CCN(C(=O)c3ccccc3)C[C@H]2C)ccc1Br. The van der Waals surface area contributed by atoms with E-state index in [-0.39, 0.29) is 17.5 Å². The summed E-state index contributed by atoms with van der Waals surface area (Å²) >= 11 is 3.33. The summed E-state index contributed by atoms with van der Waals surface area (Å²) in [5.41, 5.74) is 0.896. The Hall–Kier alpha value is -2.67. The van der Waals surface area contributed by atoms with E-state index in [0.717, 1.165) is 0 Å². The largest absolute Gasteiger partial charge is 0.496 e. The molecule has 0 aliphatic carbocycles. The van der Waals surface area contributed by atoms with Crippen LogP contribution >= 0.6 is 15.9 Å². The maximum absolute atomic E-state index is 12.8. The molecule has 0 N–H and O–H groups in total. The molecule has 28 heavy (non-hydrogen) atoms. The molecule has 2 aromatic rings. The normalized spacial score (nSPS) is 16.6. The lowest BCUT2D eigenvalue weighted by Gasteiger charge is -2.39. The molecule has 0 bridgehead atoms. The Kier molecular flexibility index (Phi) is 6.14. The average molecular weight is 445 g/mol. The summed E-state index contributed by atoms with van der Waals surface area (Å²) in [5.74, 6) is -0.724. The van der Waals surface area contributed by atoms with Gasteiger partial charge in [-0.1, -0.05) is 18.2 Å². The first kappa shape index (κ1) is 20.1. The molecule has 0 saturated carbocycles. The summed E-state index contributed by atoms with van der Waals surface area (Å²) in [6.45, 7) is 2.94. The maximum atomic E-state index is 12.8. The summed E-state index contributed by atoms with van der Waals surface area (Å²) in [4.78, 5) is 41.3. The van der Waals surface area contributed by atoms with Gasteiger partial charge in [-0.15, -0.1) is 0 Å². The monoisotopic (exact) mass is 444 g/mol. The second kappa shape index (κ2) is 8.56. The van der Waals surface area contributed by atoms with Crippen molar-refractivity contribution in [2.75, 3.05) is 26.7 Å². The number of ketones is 1. The predicted molar refractivity (Wildman–Crippen MR) is 109 cm³/mol. The summed E-state index contributed by atoms with van der Waals surface area (Å²) < 4.78 is 5.91. The standard InChI is InChI=1S/C21H21BrN2O4/c1-14-13-23(20(26)15-6-4-3-5-7-15)10-11-24(14)21(27)19(25)16-8-9-17(22)18(12-16)28-2/h3-9,12,14H,10-11,13H2,1-2H3/t14-/m1/s1. The summed E-state index contributed by atoms with van der Waals surface area (Å²) in [7, 11) is 1.50. The van der Waals surface area contributed by atoms with Crippen molar-refractivity contribution in [2.24, 2.45) is 0 Å². The fraction of sp³-hybridized carbons (Fsp3) is 0.286. The number of Topliss-reactive ketones (excluding diaryl/α,β-unsaturated/α-hetero) is 1. The second-order valence-corrected chi connectivity index (χ2v) is 7.50. The average Bonchev–Trinajstić information content (AvgIpc) is 2.73. The number of rotatable bonds is 4. The molecule has 0 unspecified atom stereocenters. The summed E-state index contributed by atoms with van der Waals surface area (Å²) in [6.07, 6.45) is 0. The van der Waals surface area contributed by atoms with Crippen LogP contribution in [0, 0.1) is 0 Å². The lowest BCUT2D eigenvalue weighted by atomic mass is 10.1. The molecule has 1 aliphatic heterocycles. The molecule has 1 aliphatic rings. The van der Waals surface area contributed by atoms with Crippen molar-refractivity contribution >= 4 is 33.5 Å². The zero-order chi connectivity index (χ0) is 20.3. The van der Waals surface area contributed by atoms with E-state index in [1.165, 1.54) is 12.0 Å². The van der Waals surface area contributed by atoms with Crippen molar-refractivity contribution in [3.8, 4) is 5.75 Å². The van der Waals surface area contributed by atoms with Crippen LogP contribution in [0.4, 0.5) is 0 Å². The van der Waals surface area contributed by atoms with Gasteiger partial charge in [0.1, 0.15) is 5.75 Å². The minimum Gasteiger partial charge on any atom is -0.496 e. The van der Waals surface area contributed by atoms with Crippen LogP contribution in [0.25, 0.3) is 0 Å². The number of methoxy groups -OCH3 is 1. The van der Waals surface area contributed by atoms with Crippen molar-refractivity contribution in [3.05, 3.63) is 64.1 Å². The zero-order valence-corrected chi connectivity index (χ0v) is 17.3. The highest BCUT2D eigenvalue weighted by atomic mass is 79.9. The quantitative estimate of drug-likeness (QED) is 0.536. The zero-order valence-electron chi connectivity index (χ0n) is 15.7. The summed E-state index contributed by atoms with van der Waals surface area (Å²) in [6, 6.07) is 13.6. The molecule has 1 saturated heterocycles. The van der Waals surface area contributed by atoms with Crippen LogP contribution in [0.2, 0.25) is 0 Å². The van der Waals surface area contributed by atoms with Crippen LogP contribution in [0.5, 0.6) is 5.75 Å². The van der Waals surface area contributed by atoms with Crippen molar-refractivity contribution in [1.82, 2.24) is 9.80 Å². The molecule has 0 spiro atoms. The van der Waals surface area contributed by atoms with Crippen molar-refractivity contribution in [2.45, 2.75) is 13.0 Å². The van der Waals surface area contributed by atoms with E-state index < -0.39 is 11.7 Å². The Labute approximate surface area is 172 Å². The Bertz CT molecular complexity index is 901. The van der Waals surface area contributed by atoms with Crippen molar-refractivity contribution in [3.63, 3.8) is 0 Å². The number of carbonyl (C=O) groups is 3. The molecule has 2 amide bonds. The molecular weight excluding hydrogens is 424 g/mol. The fourth-order valence-electron chi connectivity index (χ4n) is 3.26. The van der Waals surface area contributed by atoms with Gasteiger partial charge in [0.15, 0.2) is 0 Å². The molecule has 0 radical (unpaired) electrons. The van der Waals surface area contributed by atoms with E-state index in [2.05, 4.69) is 15.9 Å². The molecule has 0 aromatic heterocycles. The molecule has 146 valence electrons. The third kappa shape index (κ3) is 4.09. The topological polar surface area (TPSA) is 66.9 Å². The minimum absolute atomic E-state index is 0.0662. The van der Waals surface area contributed by atoms with Crippen LogP contribution in [-0.2, 0) is 4.79 Å². The van der Waals surface area contributed by atoms with E-state index in [1.54, 1.807) is 35.2 Å². The number of hydrogen-bond acceptors (Lipinski definition) is 4. The summed E-state index contributed by atoms with van der Waals surface area (Å²) in [5, 5.41) is 0. The Morgan fingerprint density at radius 3 is 2.39 bits per heavy atom. The number of ether oxygens (including phenoxy) is 1. The van der Waals surface area contributed by atoms with Gasteiger partial charge in [0.25, 0.3) is 17.6 Å². The fourth-order valence-corrected chi connectivity index (χ4v) is 3.67. The number of piperazine rings is 1. The van der Waals surface area contributed by atoms with Gasteiger partial charge in [0.05, 0.1) is 11.6 Å². The number of benzene rings is 2. The van der Waals surface area contributed by atoms with Gasteiger partial charge in [-0.3, -0.25) is 14.4 Å². The van der Waals surface area contributed by atoms with Crippen LogP contribution in [0.1, 0.15) is 27.6 Å². The molecule has 3 rings (SSSR count). The highest BCUT2D eigenvalue weighted by Gasteiger charge is 2.33. The van der Waals surface area contributed by atoms with Gasteiger partial charge in [-0.05, 0) is 53.2 Å². The number of hydrogen-bond donors (Lipinski definition) is 0. The second-order valence-electron chi connectivity index (χ2n) is 6.64. The van der Waals surface area contributed by atoms with Gasteiger partial charge in [0, 0.05) is 36.8 Å². The Morgan fingerprint density at radius 1 is 1.04 bits per heavy atom. The van der Waals surface area contributed by atoms with Crippen LogP contribution < -0.4 is 4.74 Å². The highest BCUT2D eigenvalue weighted by molar-refractivity contribution is 9.10. The third-order valence-corrected chi connectivity index (χ3v) is 5.46. The van der Waals surface area contributed by atoms with Gasteiger partial charge in [-0.2, -0.15) is 0 Å². The molecule has 7 heteroatoms. The van der Waals surface area contributed by atoms with E-state index in [0.29, 0.717) is 35.4 Å². The van der Waals surface area contributed by atoms with E-state index in [1.807, 2.05) is 25.1 Å². The van der Waals surface area contributed by atoms with E-state index in [4.69, 9.17) is 4.74 Å². The van der Waals surface area contributed by atoms with Crippen molar-refractivity contribution < 1.29 is 19.1 Å². The van der Waals surface area contributed by atoms with Crippen LogP contribution in [0.3, 0.4) is 0 Å². The molecule has 1 fully saturated rings. The van der Waals surface area contributed by atoms with Gasteiger partial charge in [0.2, 0.25) is 0 Å². The minimum atomic E-state index is -0.583. The van der Waals surface area contributed by atoms with Crippen LogP contribution in [0.15, 0.2) is 53.0 Å². The van der Waals surface area contributed by atoms with Gasteiger partial charge in [-0.25, -0.2) is 0 Å². The van der Waals surface area contributed by atoms with Gasteiger partial charge >= 0.3 is 0 Å². The Balaban J connectivity index is 1.69. The highest BCUT2D eigenvalue weighted by Crippen LogP contribution is 2.26. The maximum Gasteiger partial charge on any atom is 0.295 e. The van der Waals surface area contributed by atoms with E-state index >= 15 is 0 Å². The predicted octanol–water partition coefficient (Wildman–Crippen LogP) is 3.01. The molecule has 6 nitrogen and oxygen atoms in total. The number of nitrogens with zero attached hydrogens (tertiary/aromatic N) is 2. The third-order valence-electron chi connectivity index (χ3n) is 4.80. The van der Waals surface area contributed by atoms with Crippen LogP contribution in [-0.4, -0.2) is 60.2 Å². The number of carbonyl (C=O) groups excluding carboxylic acids is 3. The number of halogens is 1. The molecule has 1 heterocycles. The van der Waals surface area contributed by atoms with Crippen molar-refractivity contribution in [1.29, 1.82) is 0 Å². The lowest BCUT2D eigenvalue weighted by Crippen LogP contribution is -2.56. The molecular formula is C21H21BrN2O4. The lowest BCUT2D eigenvalue weighted by molar-refractivity contribution is -0.130. The molecule has 1 atom stereocenters. The molecule has 2 aromatic carbocycles. The first-order valence-corrected chi connectivity index (χ1v) is 9.75. The number of amides is 2. The smallest absolute Gasteiger partial charge is 0.295 e. The van der Waals surface area contributed by atoms with Gasteiger partial charge < -0.3 is 14.5 Å². The first-order chi connectivity index (χ1) is 13.4. The van der Waals surface area contributed by atoms with E-state index in [9.17, 15) is 14.4 Å². The first-order valence-electron chi connectivity index (χ1n) is 8.95.